The Balaban J connectivity index is 2.72. The first-order valence-electron chi connectivity index (χ1n) is 5.04. The van der Waals surface area contributed by atoms with Crippen LogP contribution in [0.3, 0.4) is 0 Å². The summed E-state index contributed by atoms with van der Waals surface area (Å²) in [5.74, 6) is 0. The lowest BCUT2D eigenvalue weighted by atomic mass is 9.95. The molecule has 0 aliphatic rings. The highest BCUT2D eigenvalue weighted by Gasteiger charge is 2.22. The molecule has 0 saturated carbocycles. The Kier molecular flexibility index (Phi) is 4.35. The fraction of sp³-hybridized carbons (Fsp3) is 0.417. The molecule has 0 aliphatic carbocycles. The van der Waals surface area contributed by atoms with Crippen LogP contribution in [0.1, 0.15) is 19.4 Å². The molecule has 1 aromatic carbocycles. The molecule has 0 radical (unpaired) electrons. The molecular formula is C12H16BrNO2. The highest BCUT2D eigenvalue weighted by Crippen LogP contribution is 2.21. The summed E-state index contributed by atoms with van der Waals surface area (Å²) in [5.41, 5.74) is 0.820. The molecule has 0 bridgehead atoms. The molecule has 0 atom stereocenters. The summed E-state index contributed by atoms with van der Waals surface area (Å²) in [6.07, 6.45) is 0.334. The predicted molar refractivity (Wildman–Crippen MR) is 67.5 cm³/mol. The van der Waals surface area contributed by atoms with E-state index in [4.69, 9.17) is 0 Å². The van der Waals surface area contributed by atoms with Gasteiger partial charge < -0.3 is 10.1 Å². The Hall–Kier alpha value is -1.03. The maximum Gasteiger partial charge on any atom is 0.407 e. The van der Waals surface area contributed by atoms with Crippen molar-refractivity contribution < 1.29 is 9.53 Å². The third kappa shape index (κ3) is 3.85. The molecule has 1 amide bonds. The molecule has 1 rings (SSSR count). The van der Waals surface area contributed by atoms with E-state index in [1.807, 2.05) is 38.1 Å². The van der Waals surface area contributed by atoms with Gasteiger partial charge >= 0.3 is 6.09 Å². The normalized spacial score (nSPS) is 11.0. The van der Waals surface area contributed by atoms with Crippen LogP contribution >= 0.6 is 15.9 Å². The van der Waals surface area contributed by atoms with E-state index in [1.165, 1.54) is 7.11 Å². The third-order valence-electron chi connectivity index (χ3n) is 2.22. The van der Waals surface area contributed by atoms with Crippen molar-refractivity contribution >= 4 is 22.0 Å². The number of carbonyl (C=O) groups is 1. The number of halogens is 1. The van der Waals surface area contributed by atoms with Crippen molar-refractivity contribution in [2.75, 3.05) is 7.11 Å². The maximum atomic E-state index is 11.2. The van der Waals surface area contributed by atoms with Crippen molar-refractivity contribution in [2.24, 2.45) is 0 Å². The summed E-state index contributed by atoms with van der Waals surface area (Å²) in [4.78, 5) is 11.2. The van der Waals surface area contributed by atoms with E-state index >= 15 is 0 Å². The minimum absolute atomic E-state index is 0.336. The SMILES string of the molecule is COC(=O)NC(C)(C)Cc1ccccc1Br. The molecule has 0 aromatic heterocycles. The van der Waals surface area contributed by atoms with Crippen LogP contribution in [0.4, 0.5) is 4.79 Å². The zero-order chi connectivity index (χ0) is 12.2. The van der Waals surface area contributed by atoms with Gasteiger partial charge in [-0.1, -0.05) is 34.1 Å². The molecule has 88 valence electrons. The average Bonchev–Trinajstić information content (AvgIpc) is 2.20. The van der Waals surface area contributed by atoms with Gasteiger partial charge in [-0.05, 0) is 31.9 Å². The van der Waals surface area contributed by atoms with E-state index in [0.29, 0.717) is 0 Å². The highest BCUT2D eigenvalue weighted by atomic mass is 79.9. The van der Waals surface area contributed by atoms with Crippen molar-refractivity contribution in [1.82, 2.24) is 5.32 Å². The van der Waals surface area contributed by atoms with Gasteiger partial charge in [-0.2, -0.15) is 0 Å². The van der Waals surface area contributed by atoms with Gasteiger partial charge in [0.05, 0.1) is 7.11 Å². The van der Waals surface area contributed by atoms with Crippen molar-refractivity contribution in [3.8, 4) is 0 Å². The van der Waals surface area contributed by atoms with Crippen LogP contribution in [0.15, 0.2) is 28.7 Å². The highest BCUT2D eigenvalue weighted by molar-refractivity contribution is 9.10. The van der Waals surface area contributed by atoms with E-state index < -0.39 is 6.09 Å². The lowest BCUT2D eigenvalue weighted by Gasteiger charge is -2.26. The van der Waals surface area contributed by atoms with Crippen LogP contribution in [-0.2, 0) is 11.2 Å². The number of nitrogens with one attached hydrogen (secondary N) is 1. The van der Waals surface area contributed by atoms with Crippen LogP contribution < -0.4 is 5.32 Å². The van der Waals surface area contributed by atoms with Gasteiger partial charge in [-0.25, -0.2) is 4.79 Å². The van der Waals surface area contributed by atoms with E-state index in [9.17, 15) is 4.79 Å². The molecule has 16 heavy (non-hydrogen) atoms. The number of ether oxygens (including phenoxy) is 1. The molecule has 0 fully saturated rings. The Morgan fingerprint density at radius 2 is 2.06 bits per heavy atom. The van der Waals surface area contributed by atoms with Gasteiger partial charge in [0.2, 0.25) is 0 Å². The first-order valence-corrected chi connectivity index (χ1v) is 5.83. The molecule has 0 saturated heterocycles. The quantitative estimate of drug-likeness (QED) is 0.927. The van der Waals surface area contributed by atoms with Gasteiger partial charge in [0.25, 0.3) is 0 Å². The molecule has 0 aliphatic heterocycles. The number of hydrogen-bond donors (Lipinski definition) is 1. The van der Waals surface area contributed by atoms with Crippen molar-refractivity contribution in [3.63, 3.8) is 0 Å². The van der Waals surface area contributed by atoms with E-state index in [-0.39, 0.29) is 5.54 Å². The van der Waals surface area contributed by atoms with Crippen molar-refractivity contribution in [1.29, 1.82) is 0 Å². The lowest BCUT2D eigenvalue weighted by Crippen LogP contribution is -2.45. The number of amides is 1. The minimum atomic E-state index is -0.406. The lowest BCUT2D eigenvalue weighted by molar-refractivity contribution is 0.159. The summed E-state index contributed by atoms with van der Waals surface area (Å²) < 4.78 is 5.64. The molecular weight excluding hydrogens is 270 g/mol. The second kappa shape index (κ2) is 5.34. The Morgan fingerprint density at radius 3 is 2.62 bits per heavy atom. The van der Waals surface area contributed by atoms with Crippen molar-refractivity contribution in [2.45, 2.75) is 25.8 Å². The summed E-state index contributed by atoms with van der Waals surface area (Å²) in [7, 11) is 1.36. The number of carbonyl (C=O) groups excluding carboxylic acids is 1. The maximum absolute atomic E-state index is 11.2. The topological polar surface area (TPSA) is 38.3 Å². The van der Waals surface area contributed by atoms with Crippen molar-refractivity contribution in [3.05, 3.63) is 34.3 Å². The Bertz CT molecular complexity index is 377. The van der Waals surface area contributed by atoms with Gasteiger partial charge in [-0.3, -0.25) is 0 Å². The predicted octanol–water partition coefficient (Wildman–Crippen LogP) is 3.13. The van der Waals surface area contributed by atoms with Crippen LogP contribution in [-0.4, -0.2) is 18.7 Å². The molecule has 0 heterocycles. The number of methoxy groups -OCH3 is 1. The van der Waals surface area contributed by atoms with Gasteiger partial charge in [0.15, 0.2) is 0 Å². The van der Waals surface area contributed by atoms with Gasteiger partial charge in [-0.15, -0.1) is 0 Å². The molecule has 1 aromatic rings. The molecule has 4 heteroatoms. The zero-order valence-electron chi connectivity index (χ0n) is 9.71. The number of alkyl carbamates (subject to hydrolysis) is 1. The van der Waals surface area contributed by atoms with Crippen LogP contribution in [0.25, 0.3) is 0 Å². The monoisotopic (exact) mass is 285 g/mol. The van der Waals surface area contributed by atoms with E-state index in [2.05, 4.69) is 26.0 Å². The number of benzene rings is 1. The minimum Gasteiger partial charge on any atom is -0.453 e. The average molecular weight is 286 g/mol. The van der Waals surface area contributed by atoms with Crippen LogP contribution in [0.2, 0.25) is 0 Å². The third-order valence-corrected chi connectivity index (χ3v) is 2.99. The fourth-order valence-corrected chi connectivity index (χ4v) is 1.91. The molecule has 1 N–H and O–H groups in total. The summed E-state index contributed by atoms with van der Waals surface area (Å²) in [6.45, 7) is 3.92. The number of hydrogen-bond acceptors (Lipinski definition) is 2. The summed E-state index contributed by atoms with van der Waals surface area (Å²) in [5, 5.41) is 2.80. The fourth-order valence-electron chi connectivity index (χ4n) is 1.49. The molecule has 0 unspecified atom stereocenters. The smallest absolute Gasteiger partial charge is 0.407 e. The first-order chi connectivity index (χ1) is 7.44. The van der Waals surface area contributed by atoms with E-state index in [1.54, 1.807) is 0 Å². The summed E-state index contributed by atoms with van der Waals surface area (Å²) in [6, 6.07) is 7.97. The first kappa shape index (κ1) is 13.0. The van der Waals surface area contributed by atoms with Gasteiger partial charge in [0, 0.05) is 10.0 Å². The largest absolute Gasteiger partial charge is 0.453 e. The second-order valence-corrected chi connectivity index (χ2v) is 5.12. The Morgan fingerprint density at radius 1 is 1.44 bits per heavy atom. The van der Waals surface area contributed by atoms with Gasteiger partial charge in [0.1, 0.15) is 0 Å². The van der Waals surface area contributed by atoms with Crippen LogP contribution in [0.5, 0.6) is 0 Å². The number of rotatable bonds is 3. The second-order valence-electron chi connectivity index (χ2n) is 4.27. The Labute approximate surface area is 104 Å². The standard InChI is InChI=1S/C12H16BrNO2/c1-12(2,14-11(15)16-3)8-9-6-4-5-7-10(9)13/h4-7H,8H2,1-3H3,(H,14,15). The summed E-state index contributed by atoms with van der Waals surface area (Å²) >= 11 is 3.49. The van der Waals surface area contributed by atoms with E-state index in [0.717, 1.165) is 16.5 Å². The zero-order valence-corrected chi connectivity index (χ0v) is 11.3. The molecule has 0 spiro atoms. The molecule has 3 nitrogen and oxygen atoms in total. The van der Waals surface area contributed by atoms with Crippen LogP contribution in [0, 0.1) is 0 Å².